The van der Waals surface area contributed by atoms with E-state index < -0.39 is 0 Å². The summed E-state index contributed by atoms with van der Waals surface area (Å²) in [5, 5.41) is 2.95. The van der Waals surface area contributed by atoms with Crippen LogP contribution in [0.1, 0.15) is 6.42 Å². The van der Waals surface area contributed by atoms with Crippen molar-refractivity contribution in [3.63, 3.8) is 0 Å². The number of nitrogens with one attached hydrogen (secondary N) is 1. The van der Waals surface area contributed by atoms with Crippen LogP contribution in [0.25, 0.3) is 0 Å². The van der Waals surface area contributed by atoms with Crippen molar-refractivity contribution in [1.82, 2.24) is 5.32 Å². The van der Waals surface area contributed by atoms with Crippen LogP contribution in [-0.4, -0.2) is 47.9 Å². The minimum Gasteiger partial charge on any atom is -0.493 e. The molecule has 1 N–H and O–H groups in total. The summed E-state index contributed by atoms with van der Waals surface area (Å²) in [6.07, 6.45) is 0.420. The summed E-state index contributed by atoms with van der Waals surface area (Å²) in [7, 11) is 8.17. The molecule has 0 fully saturated rings. The highest BCUT2D eigenvalue weighted by Crippen LogP contribution is 2.40. The number of rotatable bonds is 7. The van der Waals surface area contributed by atoms with Gasteiger partial charge in [-0.2, -0.15) is 0 Å². The third kappa shape index (κ3) is 4.68. The van der Waals surface area contributed by atoms with E-state index in [1.54, 1.807) is 45.4 Å². The molecule has 0 spiro atoms. The van der Waals surface area contributed by atoms with E-state index in [2.05, 4.69) is 5.32 Å². The van der Waals surface area contributed by atoms with Crippen molar-refractivity contribution < 1.29 is 19.0 Å². The van der Waals surface area contributed by atoms with E-state index >= 15 is 0 Å². The highest BCUT2D eigenvalue weighted by atomic mass is 35.5. The molecule has 0 atom stereocenters. The Labute approximate surface area is 131 Å². The molecule has 1 aromatic carbocycles. The van der Waals surface area contributed by atoms with Gasteiger partial charge in [0.25, 0.3) is 0 Å². The van der Waals surface area contributed by atoms with E-state index in [0.717, 1.165) is 0 Å². The molecule has 0 saturated carbocycles. The van der Waals surface area contributed by atoms with Gasteiger partial charge in [-0.1, -0.05) is 0 Å². The number of ether oxygens (including phenoxy) is 3. The van der Waals surface area contributed by atoms with Gasteiger partial charge in [0.05, 0.1) is 27.0 Å². The Morgan fingerprint density at radius 3 is 2.05 bits per heavy atom. The SMILES string of the molecule is CNCCC(=O)N(C)c1cc(OC)c(OC)c(OC)c1.Cl. The third-order valence-electron chi connectivity index (χ3n) is 3.00. The molecule has 21 heavy (non-hydrogen) atoms. The minimum atomic E-state index is 0. The van der Waals surface area contributed by atoms with Crippen LogP contribution in [0.15, 0.2) is 12.1 Å². The van der Waals surface area contributed by atoms with Crippen molar-refractivity contribution in [2.45, 2.75) is 6.42 Å². The Morgan fingerprint density at radius 1 is 1.14 bits per heavy atom. The molecule has 0 saturated heterocycles. The van der Waals surface area contributed by atoms with Gasteiger partial charge in [-0.15, -0.1) is 12.4 Å². The Morgan fingerprint density at radius 2 is 1.67 bits per heavy atom. The predicted molar refractivity (Wildman–Crippen MR) is 85.3 cm³/mol. The maximum atomic E-state index is 12.0. The smallest absolute Gasteiger partial charge is 0.228 e. The van der Waals surface area contributed by atoms with Crippen molar-refractivity contribution in [2.24, 2.45) is 0 Å². The lowest BCUT2D eigenvalue weighted by Crippen LogP contribution is -2.28. The van der Waals surface area contributed by atoms with Crippen LogP contribution in [0.2, 0.25) is 0 Å². The van der Waals surface area contributed by atoms with Gasteiger partial charge in [-0.3, -0.25) is 4.79 Å². The topological polar surface area (TPSA) is 60.0 Å². The van der Waals surface area contributed by atoms with E-state index in [1.165, 1.54) is 0 Å². The highest BCUT2D eigenvalue weighted by molar-refractivity contribution is 5.93. The molecule has 1 amide bonds. The molecule has 0 aliphatic carbocycles. The van der Waals surface area contributed by atoms with E-state index in [1.807, 2.05) is 7.05 Å². The fraction of sp³-hybridized carbons (Fsp3) is 0.500. The Bertz CT molecular complexity index is 443. The predicted octanol–water partition coefficient (Wildman–Crippen LogP) is 1.71. The zero-order valence-corrected chi connectivity index (χ0v) is 13.9. The van der Waals surface area contributed by atoms with Crippen molar-refractivity contribution in [3.05, 3.63) is 12.1 Å². The summed E-state index contributed by atoms with van der Waals surface area (Å²) in [6, 6.07) is 3.50. The first kappa shape index (κ1) is 19.3. The van der Waals surface area contributed by atoms with Gasteiger partial charge in [-0.25, -0.2) is 0 Å². The van der Waals surface area contributed by atoms with Crippen LogP contribution in [-0.2, 0) is 4.79 Å². The molecule has 0 aromatic heterocycles. The fourth-order valence-corrected chi connectivity index (χ4v) is 1.80. The maximum absolute atomic E-state index is 12.0. The molecule has 0 unspecified atom stereocenters. The second-order valence-corrected chi connectivity index (χ2v) is 4.19. The molecule has 6 nitrogen and oxygen atoms in total. The summed E-state index contributed by atoms with van der Waals surface area (Å²) in [5.41, 5.74) is 0.695. The van der Waals surface area contributed by atoms with Crippen molar-refractivity contribution in [1.29, 1.82) is 0 Å². The number of carbonyl (C=O) groups is 1. The van der Waals surface area contributed by atoms with Crippen LogP contribution in [0, 0.1) is 0 Å². The molecule has 0 aliphatic heterocycles. The number of methoxy groups -OCH3 is 3. The molecule has 0 heterocycles. The van der Waals surface area contributed by atoms with Gasteiger partial charge in [0, 0.05) is 32.1 Å². The second-order valence-electron chi connectivity index (χ2n) is 4.19. The zero-order chi connectivity index (χ0) is 15.1. The number of anilines is 1. The summed E-state index contributed by atoms with van der Waals surface area (Å²) >= 11 is 0. The lowest BCUT2D eigenvalue weighted by atomic mass is 10.2. The van der Waals surface area contributed by atoms with Gasteiger partial charge in [0.2, 0.25) is 11.7 Å². The van der Waals surface area contributed by atoms with E-state index in [-0.39, 0.29) is 18.3 Å². The first-order valence-corrected chi connectivity index (χ1v) is 6.30. The van der Waals surface area contributed by atoms with Gasteiger partial charge >= 0.3 is 0 Å². The molecule has 1 aromatic rings. The average Bonchev–Trinajstić information content (AvgIpc) is 2.49. The molecule has 120 valence electrons. The largest absolute Gasteiger partial charge is 0.493 e. The van der Waals surface area contributed by atoms with E-state index in [0.29, 0.717) is 35.9 Å². The van der Waals surface area contributed by atoms with Gasteiger partial charge in [0.1, 0.15) is 0 Å². The number of amides is 1. The third-order valence-corrected chi connectivity index (χ3v) is 3.00. The lowest BCUT2D eigenvalue weighted by Gasteiger charge is -2.20. The first-order chi connectivity index (χ1) is 9.58. The normalized spacial score (nSPS) is 9.57. The number of benzene rings is 1. The number of carbonyl (C=O) groups excluding carboxylic acids is 1. The molecule has 7 heteroatoms. The molecule has 1 rings (SSSR count). The number of hydrogen-bond acceptors (Lipinski definition) is 5. The Hall–Kier alpha value is -1.66. The summed E-state index contributed by atoms with van der Waals surface area (Å²) < 4.78 is 15.8. The maximum Gasteiger partial charge on any atom is 0.228 e. The fourth-order valence-electron chi connectivity index (χ4n) is 1.80. The van der Waals surface area contributed by atoms with E-state index in [9.17, 15) is 4.79 Å². The average molecular weight is 319 g/mol. The molecule has 0 aliphatic rings. The van der Waals surface area contributed by atoms with Crippen molar-refractivity contribution in [2.75, 3.05) is 46.9 Å². The van der Waals surface area contributed by atoms with Crippen LogP contribution in [0.5, 0.6) is 17.2 Å². The van der Waals surface area contributed by atoms with Gasteiger partial charge < -0.3 is 24.4 Å². The summed E-state index contributed by atoms with van der Waals surface area (Å²) in [4.78, 5) is 13.6. The summed E-state index contributed by atoms with van der Waals surface area (Å²) in [6.45, 7) is 0.633. The minimum absolute atomic E-state index is 0. The molecular formula is C14H23ClN2O4. The molecule has 0 bridgehead atoms. The molecular weight excluding hydrogens is 296 g/mol. The monoisotopic (exact) mass is 318 g/mol. The zero-order valence-electron chi connectivity index (χ0n) is 13.1. The Kier molecular flexibility index (Phi) is 8.57. The number of hydrogen-bond donors (Lipinski definition) is 1. The Balaban J connectivity index is 0.00000400. The number of halogens is 1. The van der Waals surface area contributed by atoms with Crippen LogP contribution < -0.4 is 24.4 Å². The van der Waals surface area contributed by atoms with Gasteiger partial charge in [0.15, 0.2) is 11.5 Å². The van der Waals surface area contributed by atoms with Crippen LogP contribution in [0.3, 0.4) is 0 Å². The first-order valence-electron chi connectivity index (χ1n) is 6.30. The van der Waals surface area contributed by atoms with Gasteiger partial charge in [-0.05, 0) is 7.05 Å². The quantitative estimate of drug-likeness (QED) is 0.829. The number of nitrogens with zero attached hydrogens (tertiary/aromatic N) is 1. The summed E-state index contributed by atoms with van der Waals surface area (Å²) in [5.74, 6) is 1.56. The van der Waals surface area contributed by atoms with Crippen LogP contribution >= 0.6 is 12.4 Å². The second kappa shape index (κ2) is 9.31. The van der Waals surface area contributed by atoms with E-state index in [4.69, 9.17) is 14.2 Å². The van der Waals surface area contributed by atoms with Crippen molar-refractivity contribution in [3.8, 4) is 17.2 Å². The standard InChI is InChI=1S/C14H22N2O4.ClH/c1-15-7-6-13(17)16(2)10-8-11(18-3)14(20-5)12(9-10)19-4;/h8-9,15H,6-7H2,1-5H3;1H. The highest BCUT2D eigenvalue weighted by Gasteiger charge is 2.17. The lowest BCUT2D eigenvalue weighted by molar-refractivity contribution is -0.118. The van der Waals surface area contributed by atoms with Crippen LogP contribution in [0.4, 0.5) is 5.69 Å². The molecule has 0 radical (unpaired) electrons. The van der Waals surface area contributed by atoms with Crippen molar-refractivity contribution >= 4 is 24.0 Å².